The van der Waals surface area contributed by atoms with E-state index in [9.17, 15) is 29.9 Å². The number of aromatic hydroxyl groups is 1. The molecule has 0 atom stereocenters. The predicted molar refractivity (Wildman–Crippen MR) is 99.0 cm³/mol. The number of carboxylic acid groups (broad SMARTS) is 1. The van der Waals surface area contributed by atoms with Crippen molar-refractivity contribution in [3.8, 4) is 5.75 Å². The first kappa shape index (κ1) is 18.1. The molecule has 9 nitrogen and oxygen atoms in total. The monoisotopic (exact) mass is 385 g/mol. The molecule has 0 saturated carbocycles. The second-order valence-electron chi connectivity index (χ2n) is 5.30. The van der Waals surface area contributed by atoms with Crippen LogP contribution < -0.4 is 5.32 Å². The summed E-state index contributed by atoms with van der Waals surface area (Å²) < 4.78 is 0. The fourth-order valence-electron chi connectivity index (χ4n) is 2.30. The fourth-order valence-corrected chi connectivity index (χ4v) is 3.13. The summed E-state index contributed by atoms with van der Waals surface area (Å²) in [7, 11) is 0. The summed E-state index contributed by atoms with van der Waals surface area (Å²) in [5.74, 6) is -2.01. The lowest BCUT2D eigenvalue weighted by Gasteiger charge is -2.02. The number of nitro benzene ring substituents is 1. The second-order valence-corrected chi connectivity index (χ2v) is 6.33. The molecule has 1 heterocycles. The Morgan fingerprint density at radius 1 is 1.26 bits per heavy atom. The lowest BCUT2D eigenvalue weighted by Crippen LogP contribution is -2.19. The molecule has 1 aliphatic rings. The van der Waals surface area contributed by atoms with Crippen molar-refractivity contribution in [1.29, 1.82) is 0 Å². The minimum Gasteiger partial charge on any atom is -0.508 e. The van der Waals surface area contributed by atoms with Gasteiger partial charge in [-0.1, -0.05) is 12.1 Å². The van der Waals surface area contributed by atoms with Gasteiger partial charge in [-0.25, -0.2) is 9.79 Å². The van der Waals surface area contributed by atoms with E-state index in [1.807, 2.05) is 0 Å². The molecule has 0 aliphatic carbocycles. The number of carbonyl (C=O) groups is 2. The van der Waals surface area contributed by atoms with Crippen LogP contribution in [0.3, 0.4) is 0 Å². The Morgan fingerprint density at radius 2 is 2.00 bits per heavy atom. The number of amides is 1. The topological polar surface area (TPSA) is 142 Å². The number of carbonyl (C=O) groups excluding carboxylic acids is 1. The van der Waals surface area contributed by atoms with E-state index in [2.05, 4.69) is 10.3 Å². The molecule has 1 amide bonds. The number of thioether (sulfide) groups is 1. The number of nitrogens with zero attached hydrogens (tertiary/aromatic N) is 2. The van der Waals surface area contributed by atoms with Crippen LogP contribution in [0.1, 0.15) is 15.9 Å². The summed E-state index contributed by atoms with van der Waals surface area (Å²) in [4.78, 5) is 38.2. The molecule has 1 aliphatic heterocycles. The maximum Gasteiger partial charge on any atom is 0.338 e. The molecule has 0 unspecified atom stereocenters. The number of aliphatic imine (C=N–C) groups is 1. The average Bonchev–Trinajstić information content (AvgIpc) is 2.96. The van der Waals surface area contributed by atoms with E-state index >= 15 is 0 Å². The van der Waals surface area contributed by atoms with Crippen LogP contribution in [0.5, 0.6) is 5.75 Å². The summed E-state index contributed by atoms with van der Waals surface area (Å²) in [5.41, 5.74) is -0.0590. The number of phenolic OH excluding ortho intramolecular Hbond substituents is 1. The number of nitrogens with one attached hydrogen (secondary N) is 1. The number of para-hydroxylation sites is 1. The van der Waals surface area contributed by atoms with Crippen LogP contribution in [0, 0.1) is 10.1 Å². The highest BCUT2D eigenvalue weighted by atomic mass is 32.2. The van der Waals surface area contributed by atoms with E-state index in [0.29, 0.717) is 0 Å². The van der Waals surface area contributed by atoms with Gasteiger partial charge in [-0.05, 0) is 42.1 Å². The second kappa shape index (κ2) is 7.30. The molecule has 136 valence electrons. The van der Waals surface area contributed by atoms with Crippen molar-refractivity contribution < 1.29 is 24.7 Å². The number of rotatable bonds is 4. The molecule has 27 heavy (non-hydrogen) atoms. The Kier molecular flexibility index (Phi) is 4.90. The van der Waals surface area contributed by atoms with Crippen LogP contribution in [0.4, 0.5) is 11.4 Å². The van der Waals surface area contributed by atoms with Crippen LogP contribution >= 0.6 is 11.8 Å². The third-order valence-electron chi connectivity index (χ3n) is 3.50. The number of amidine groups is 1. The SMILES string of the molecule is O=C1NC(=Nc2ccc(O)cc2C(=O)O)S/C1=C\c1ccccc1[N+](=O)[O-]. The summed E-state index contributed by atoms with van der Waals surface area (Å²) in [6, 6.07) is 9.60. The molecule has 1 saturated heterocycles. The fraction of sp³-hybridized carbons (Fsp3) is 0. The van der Waals surface area contributed by atoms with E-state index < -0.39 is 16.8 Å². The highest BCUT2D eigenvalue weighted by Crippen LogP contribution is 2.32. The first-order valence-electron chi connectivity index (χ1n) is 7.44. The van der Waals surface area contributed by atoms with E-state index in [0.717, 1.165) is 17.8 Å². The zero-order valence-corrected chi connectivity index (χ0v) is 14.3. The standard InChI is InChI=1S/C17H11N3O6S/c21-10-5-6-12(11(8-10)16(23)24)18-17-19-15(22)14(27-17)7-9-3-1-2-4-13(9)20(25)26/h1-8,21H,(H,23,24)(H,18,19,22)/b14-7-. The van der Waals surface area contributed by atoms with Gasteiger partial charge in [-0.3, -0.25) is 14.9 Å². The van der Waals surface area contributed by atoms with Crippen LogP contribution in [-0.2, 0) is 4.79 Å². The van der Waals surface area contributed by atoms with Gasteiger partial charge in [0.1, 0.15) is 5.75 Å². The zero-order valence-electron chi connectivity index (χ0n) is 13.4. The number of phenols is 1. The van der Waals surface area contributed by atoms with E-state index in [1.54, 1.807) is 6.07 Å². The lowest BCUT2D eigenvalue weighted by molar-refractivity contribution is -0.385. The first-order chi connectivity index (χ1) is 12.8. The highest BCUT2D eigenvalue weighted by Gasteiger charge is 2.26. The van der Waals surface area contributed by atoms with Crippen molar-refractivity contribution in [2.24, 2.45) is 4.99 Å². The number of nitro groups is 1. The summed E-state index contributed by atoms with van der Waals surface area (Å²) >= 11 is 0.926. The molecule has 10 heteroatoms. The van der Waals surface area contributed by atoms with Gasteiger partial charge in [-0.2, -0.15) is 0 Å². The van der Waals surface area contributed by atoms with Gasteiger partial charge in [0.25, 0.3) is 11.6 Å². The maximum atomic E-state index is 12.1. The number of hydrogen-bond acceptors (Lipinski definition) is 7. The third kappa shape index (κ3) is 3.96. The summed E-state index contributed by atoms with van der Waals surface area (Å²) in [6.45, 7) is 0. The van der Waals surface area contributed by atoms with Gasteiger partial charge < -0.3 is 15.5 Å². The minimum atomic E-state index is -1.28. The first-order valence-corrected chi connectivity index (χ1v) is 8.26. The molecule has 3 rings (SSSR count). The Morgan fingerprint density at radius 3 is 2.70 bits per heavy atom. The largest absolute Gasteiger partial charge is 0.508 e. The Labute approximate surface area is 156 Å². The molecule has 1 fully saturated rings. The highest BCUT2D eigenvalue weighted by molar-refractivity contribution is 8.18. The average molecular weight is 385 g/mol. The van der Waals surface area contributed by atoms with Gasteiger partial charge in [0, 0.05) is 6.07 Å². The summed E-state index contributed by atoms with van der Waals surface area (Å²) in [5, 5.41) is 32.3. The molecular formula is C17H11N3O6S. The minimum absolute atomic E-state index is 0.0510. The Balaban J connectivity index is 1.94. The van der Waals surface area contributed by atoms with Crippen LogP contribution in [0.25, 0.3) is 6.08 Å². The molecular weight excluding hydrogens is 374 g/mol. The molecule has 2 aromatic carbocycles. The molecule has 2 aromatic rings. The van der Waals surface area contributed by atoms with Crippen LogP contribution in [-0.4, -0.2) is 32.2 Å². The summed E-state index contributed by atoms with van der Waals surface area (Å²) in [6.07, 6.45) is 1.37. The number of carboxylic acids is 1. The smallest absolute Gasteiger partial charge is 0.338 e. The van der Waals surface area contributed by atoms with Crippen LogP contribution in [0.2, 0.25) is 0 Å². The lowest BCUT2D eigenvalue weighted by atomic mass is 10.1. The molecule has 0 spiro atoms. The van der Waals surface area contributed by atoms with Gasteiger partial charge in [0.2, 0.25) is 0 Å². The van der Waals surface area contributed by atoms with Gasteiger partial charge in [-0.15, -0.1) is 0 Å². The van der Waals surface area contributed by atoms with Gasteiger partial charge >= 0.3 is 5.97 Å². The van der Waals surface area contributed by atoms with Crippen molar-refractivity contribution in [1.82, 2.24) is 5.32 Å². The normalized spacial score (nSPS) is 16.5. The third-order valence-corrected chi connectivity index (χ3v) is 4.41. The van der Waals surface area contributed by atoms with Gasteiger partial charge in [0.15, 0.2) is 5.17 Å². The van der Waals surface area contributed by atoms with Gasteiger partial charge in [0.05, 0.1) is 26.6 Å². The zero-order chi connectivity index (χ0) is 19.6. The Bertz CT molecular complexity index is 1030. The maximum absolute atomic E-state index is 12.1. The van der Waals surface area contributed by atoms with Crippen molar-refractivity contribution in [3.05, 3.63) is 68.6 Å². The van der Waals surface area contributed by atoms with E-state index in [-0.39, 0.29) is 38.3 Å². The quantitative estimate of drug-likeness (QED) is 0.417. The van der Waals surface area contributed by atoms with Crippen molar-refractivity contribution in [2.75, 3.05) is 0 Å². The number of benzene rings is 2. The van der Waals surface area contributed by atoms with Crippen molar-refractivity contribution in [3.63, 3.8) is 0 Å². The number of hydrogen-bond donors (Lipinski definition) is 3. The van der Waals surface area contributed by atoms with Crippen molar-refractivity contribution in [2.45, 2.75) is 0 Å². The van der Waals surface area contributed by atoms with E-state index in [1.165, 1.54) is 36.4 Å². The predicted octanol–water partition coefficient (Wildman–Crippen LogP) is 2.89. The van der Waals surface area contributed by atoms with Crippen molar-refractivity contribution >= 4 is 46.3 Å². The molecule has 0 aromatic heterocycles. The molecule has 0 radical (unpaired) electrons. The number of aromatic carboxylic acids is 1. The molecule has 3 N–H and O–H groups in total. The molecule has 0 bridgehead atoms. The van der Waals surface area contributed by atoms with Crippen LogP contribution in [0.15, 0.2) is 52.4 Å². The Hall–Kier alpha value is -3.66. The van der Waals surface area contributed by atoms with E-state index in [4.69, 9.17) is 0 Å².